The van der Waals surface area contributed by atoms with Crippen LogP contribution in [0.3, 0.4) is 0 Å². The van der Waals surface area contributed by atoms with Gasteiger partial charge in [0.1, 0.15) is 5.54 Å². The molecule has 2 amide bonds. The van der Waals surface area contributed by atoms with Gasteiger partial charge in [-0.15, -0.1) is 0 Å². The lowest BCUT2D eigenvalue weighted by Crippen LogP contribution is -2.54. The lowest BCUT2D eigenvalue weighted by atomic mass is 9.70. The third-order valence-corrected chi connectivity index (χ3v) is 6.72. The molecular formula is C23H32N4O2. The van der Waals surface area contributed by atoms with Crippen LogP contribution in [-0.4, -0.2) is 35.3 Å². The van der Waals surface area contributed by atoms with E-state index < -0.39 is 11.0 Å². The summed E-state index contributed by atoms with van der Waals surface area (Å²) in [7, 11) is 0. The molecule has 2 aliphatic rings. The normalized spacial score (nSPS) is 21.1. The molecule has 1 heterocycles. The van der Waals surface area contributed by atoms with Gasteiger partial charge in [-0.25, -0.2) is 0 Å². The monoisotopic (exact) mass is 396 g/mol. The number of amides is 2. The van der Waals surface area contributed by atoms with Crippen molar-refractivity contribution >= 4 is 11.8 Å². The van der Waals surface area contributed by atoms with Crippen LogP contribution in [0.2, 0.25) is 0 Å². The van der Waals surface area contributed by atoms with Gasteiger partial charge in [0.15, 0.2) is 0 Å². The maximum atomic E-state index is 12.6. The smallest absolute Gasteiger partial charge is 0.223 e. The largest absolute Gasteiger partial charge is 0.369 e. The van der Waals surface area contributed by atoms with E-state index in [1.807, 2.05) is 18.2 Å². The number of primary amides is 1. The maximum Gasteiger partial charge on any atom is 0.223 e. The van der Waals surface area contributed by atoms with Gasteiger partial charge in [-0.05, 0) is 37.7 Å². The van der Waals surface area contributed by atoms with E-state index in [4.69, 9.17) is 5.73 Å². The van der Waals surface area contributed by atoms with Crippen molar-refractivity contribution in [3.63, 3.8) is 0 Å². The summed E-state index contributed by atoms with van der Waals surface area (Å²) in [6, 6.07) is 12.6. The Balaban J connectivity index is 1.51. The molecule has 0 atom stereocenters. The second-order valence-corrected chi connectivity index (χ2v) is 8.71. The van der Waals surface area contributed by atoms with Gasteiger partial charge in [0.25, 0.3) is 0 Å². The number of hydrogen-bond donors (Lipinski definition) is 2. The minimum atomic E-state index is -0.809. The van der Waals surface area contributed by atoms with Crippen molar-refractivity contribution in [3.8, 4) is 6.07 Å². The molecule has 1 aromatic rings. The highest BCUT2D eigenvalue weighted by Crippen LogP contribution is 2.40. The number of benzene rings is 1. The summed E-state index contributed by atoms with van der Waals surface area (Å²) in [5.41, 5.74) is 5.57. The van der Waals surface area contributed by atoms with Gasteiger partial charge in [-0.1, -0.05) is 49.6 Å². The number of nitriles is 1. The molecule has 0 aromatic heterocycles. The third kappa shape index (κ3) is 5.36. The van der Waals surface area contributed by atoms with E-state index in [1.165, 1.54) is 5.56 Å². The average molecular weight is 397 g/mol. The minimum absolute atomic E-state index is 0.144. The fourth-order valence-electron chi connectivity index (χ4n) is 4.73. The summed E-state index contributed by atoms with van der Waals surface area (Å²) in [5, 5.41) is 12.7. The zero-order chi connectivity index (χ0) is 20.7. The van der Waals surface area contributed by atoms with E-state index in [-0.39, 0.29) is 18.2 Å². The summed E-state index contributed by atoms with van der Waals surface area (Å²) < 4.78 is 0. The van der Waals surface area contributed by atoms with Gasteiger partial charge in [0.2, 0.25) is 11.8 Å². The number of hydrogen-bond acceptors (Lipinski definition) is 4. The van der Waals surface area contributed by atoms with E-state index in [0.717, 1.165) is 51.7 Å². The molecule has 6 heteroatoms. The Kier molecular flexibility index (Phi) is 6.92. The predicted molar refractivity (Wildman–Crippen MR) is 111 cm³/mol. The van der Waals surface area contributed by atoms with E-state index in [9.17, 15) is 14.9 Å². The van der Waals surface area contributed by atoms with Crippen molar-refractivity contribution in [2.75, 3.05) is 13.1 Å². The molecule has 1 aliphatic heterocycles. The van der Waals surface area contributed by atoms with Crippen LogP contribution in [0.25, 0.3) is 0 Å². The number of likely N-dealkylation sites (tertiary alicyclic amines) is 1. The molecular weight excluding hydrogens is 364 g/mol. The highest BCUT2D eigenvalue weighted by Gasteiger charge is 2.40. The van der Waals surface area contributed by atoms with Crippen molar-refractivity contribution in [2.24, 2.45) is 11.1 Å². The van der Waals surface area contributed by atoms with Gasteiger partial charge < -0.3 is 11.1 Å². The summed E-state index contributed by atoms with van der Waals surface area (Å²) in [6.07, 6.45) is 6.61. The van der Waals surface area contributed by atoms with Gasteiger partial charge >= 0.3 is 0 Å². The summed E-state index contributed by atoms with van der Waals surface area (Å²) in [4.78, 5) is 27.0. The van der Waals surface area contributed by atoms with Gasteiger partial charge in [0.05, 0.1) is 6.07 Å². The first-order chi connectivity index (χ1) is 14.0. The zero-order valence-electron chi connectivity index (χ0n) is 17.2. The van der Waals surface area contributed by atoms with Crippen LogP contribution in [0.5, 0.6) is 0 Å². The summed E-state index contributed by atoms with van der Waals surface area (Å²) in [6.45, 7) is 2.40. The second kappa shape index (κ2) is 9.41. The highest BCUT2D eigenvalue weighted by molar-refractivity contribution is 5.83. The molecule has 6 nitrogen and oxygen atoms in total. The van der Waals surface area contributed by atoms with E-state index in [2.05, 4.69) is 28.4 Å². The molecule has 156 valence electrons. The summed E-state index contributed by atoms with van der Waals surface area (Å²) in [5.74, 6) is -0.427. The number of rotatable bonds is 7. The van der Waals surface area contributed by atoms with Crippen molar-refractivity contribution in [1.82, 2.24) is 10.2 Å². The SMILES string of the molecule is N#CC1(NC(=O)CCC2(C(N)=O)CCCCC2)CCN(Cc2ccccc2)CC1. The number of nitrogens with one attached hydrogen (secondary N) is 1. The molecule has 0 spiro atoms. The van der Waals surface area contributed by atoms with Crippen LogP contribution in [0, 0.1) is 16.7 Å². The number of piperidine rings is 1. The average Bonchev–Trinajstić information content (AvgIpc) is 2.75. The molecule has 3 rings (SSSR count). The number of carbonyl (C=O) groups excluding carboxylic acids is 2. The topological polar surface area (TPSA) is 99.2 Å². The molecule has 1 saturated carbocycles. The lowest BCUT2D eigenvalue weighted by molar-refractivity contribution is -0.131. The van der Waals surface area contributed by atoms with Crippen LogP contribution in [0.15, 0.2) is 30.3 Å². The van der Waals surface area contributed by atoms with Crippen molar-refractivity contribution < 1.29 is 9.59 Å². The number of nitrogens with two attached hydrogens (primary N) is 1. The fraction of sp³-hybridized carbons (Fsp3) is 0.609. The number of nitrogens with zero attached hydrogens (tertiary/aromatic N) is 2. The first kappa shape index (κ1) is 21.3. The Morgan fingerprint density at radius 2 is 1.72 bits per heavy atom. The molecule has 2 fully saturated rings. The van der Waals surface area contributed by atoms with Crippen LogP contribution < -0.4 is 11.1 Å². The van der Waals surface area contributed by atoms with Gasteiger partial charge in [0, 0.05) is 31.5 Å². The quantitative estimate of drug-likeness (QED) is 0.740. The Labute approximate surface area is 173 Å². The Hall–Kier alpha value is -2.39. The first-order valence-electron chi connectivity index (χ1n) is 10.8. The van der Waals surface area contributed by atoms with E-state index in [0.29, 0.717) is 19.3 Å². The van der Waals surface area contributed by atoms with Gasteiger partial charge in [-0.3, -0.25) is 14.5 Å². The Bertz CT molecular complexity index is 742. The van der Waals surface area contributed by atoms with Gasteiger partial charge in [-0.2, -0.15) is 5.26 Å². The highest BCUT2D eigenvalue weighted by atomic mass is 16.2. The molecule has 0 unspecified atom stereocenters. The molecule has 1 aliphatic carbocycles. The molecule has 1 aromatic carbocycles. The van der Waals surface area contributed by atoms with Crippen LogP contribution in [0.4, 0.5) is 0 Å². The maximum absolute atomic E-state index is 12.6. The standard InChI is InChI=1S/C23H32N4O2/c24-18-23(13-15-27(16-14-23)17-19-7-3-1-4-8-19)26-20(28)9-12-22(21(25)29)10-5-2-6-11-22/h1,3-4,7-8H,2,5-6,9-17H2,(H2,25,29)(H,26,28). The van der Waals surface area contributed by atoms with Crippen LogP contribution in [0.1, 0.15) is 63.4 Å². The minimum Gasteiger partial charge on any atom is -0.369 e. The van der Waals surface area contributed by atoms with Crippen molar-refractivity contribution in [3.05, 3.63) is 35.9 Å². The van der Waals surface area contributed by atoms with Crippen molar-refractivity contribution in [2.45, 2.75) is 69.9 Å². The molecule has 1 saturated heterocycles. The van der Waals surface area contributed by atoms with Crippen LogP contribution in [-0.2, 0) is 16.1 Å². The van der Waals surface area contributed by atoms with E-state index in [1.54, 1.807) is 0 Å². The Morgan fingerprint density at radius 1 is 1.07 bits per heavy atom. The third-order valence-electron chi connectivity index (χ3n) is 6.72. The zero-order valence-corrected chi connectivity index (χ0v) is 17.2. The molecule has 3 N–H and O–H groups in total. The van der Waals surface area contributed by atoms with Crippen molar-refractivity contribution in [1.29, 1.82) is 5.26 Å². The molecule has 0 radical (unpaired) electrons. The summed E-state index contributed by atoms with van der Waals surface area (Å²) >= 11 is 0. The first-order valence-corrected chi connectivity index (χ1v) is 10.8. The lowest BCUT2D eigenvalue weighted by Gasteiger charge is -2.38. The molecule has 0 bridgehead atoms. The van der Waals surface area contributed by atoms with E-state index >= 15 is 0 Å². The Morgan fingerprint density at radius 3 is 2.31 bits per heavy atom. The van der Waals surface area contributed by atoms with Crippen LogP contribution >= 0.6 is 0 Å². The molecule has 29 heavy (non-hydrogen) atoms. The predicted octanol–water partition coefficient (Wildman–Crippen LogP) is 2.88. The fourth-order valence-corrected chi connectivity index (χ4v) is 4.73. The number of carbonyl (C=O) groups is 2. The second-order valence-electron chi connectivity index (χ2n) is 8.71.